The van der Waals surface area contributed by atoms with Crippen molar-refractivity contribution in [3.63, 3.8) is 0 Å². The van der Waals surface area contributed by atoms with E-state index in [9.17, 15) is 49.6 Å². The first-order valence-electron chi connectivity index (χ1n) is 38.1. The highest BCUT2D eigenvalue weighted by Gasteiger charge is 2.35. The molecule has 0 amide bonds. The fourth-order valence-corrected chi connectivity index (χ4v) is 12.1. The summed E-state index contributed by atoms with van der Waals surface area (Å²) >= 11 is 23.2. The molecule has 16 atom stereocenters. The number of aliphatic hydroxyl groups excluding tert-OH is 8. The van der Waals surface area contributed by atoms with Gasteiger partial charge in [-0.25, -0.2) is 28.7 Å². The highest BCUT2D eigenvalue weighted by atomic mass is 35.5. The van der Waals surface area contributed by atoms with E-state index >= 15 is 0 Å². The number of aromatic nitrogens is 4. The summed E-state index contributed by atoms with van der Waals surface area (Å²) in [4.78, 5) is 16.3. The molecule has 4 aromatic heterocycles. The van der Waals surface area contributed by atoms with Crippen molar-refractivity contribution in [2.24, 2.45) is 0 Å². The van der Waals surface area contributed by atoms with Crippen LogP contribution in [0.3, 0.4) is 0 Å². The third-order valence-electron chi connectivity index (χ3n) is 18.7. The van der Waals surface area contributed by atoms with Gasteiger partial charge < -0.3 is 117 Å². The average molecular weight is 1730 g/mol. The van der Waals surface area contributed by atoms with Crippen LogP contribution in [0.25, 0.3) is 0 Å². The van der Waals surface area contributed by atoms with E-state index in [-0.39, 0.29) is 61.5 Å². The Hall–Kier alpha value is -7.74. The van der Waals surface area contributed by atoms with E-state index in [1.165, 1.54) is 24.3 Å². The summed E-state index contributed by atoms with van der Waals surface area (Å²) in [5, 5.41) is 77.9. The minimum absolute atomic E-state index is 0.277. The first kappa shape index (κ1) is 94.1. The van der Waals surface area contributed by atoms with Crippen molar-refractivity contribution in [2.75, 3.05) is 106 Å². The van der Waals surface area contributed by atoms with Crippen molar-refractivity contribution in [1.29, 1.82) is 0 Å². The predicted octanol–water partition coefficient (Wildman–Crippen LogP) is 9.54. The van der Waals surface area contributed by atoms with Crippen LogP contribution in [0.4, 0.5) is 8.78 Å². The summed E-state index contributed by atoms with van der Waals surface area (Å²) < 4.78 is 111. The average Bonchev–Trinajstić information content (AvgIpc) is 1.65. The third-order valence-corrected chi connectivity index (χ3v) is 19.6. The second kappa shape index (κ2) is 47.5. The summed E-state index contributed by atoms with van der Waals surface area (Å²) in [5.41, 5.74) is 7.39. The normalized spacial score (nSPS) is 25.7. The van der Waals surface area contributed by atoms with E-state index in [1.807, 2.05) is 116 Å². The zero-order valence-electron chi connectivity index (χ0n) is 66.4. The molecular weight excluding hydrogens is 1630 g/mol. The van der Waals surface area contributed by atoms with E-state index < -0.39 is 61.0 Å². The molecule has 4 aromatic carbocycles. The van der Waals surface area contributed by atoms with Crippen LogP contribution in [0.15, 0.2) is 134 Å². The lowest BCUT2D eigenvalue weighted by molar-refractivity contribution is 0.0699. The Balaban J connectivity index is 0.000000154. The van der Waals surface area contributed by atoms with Crippen LogP contribution in [0, 0.1) is 67.0 Å². The van der Waals surface area contributed by atoms with Crippen LogP contribution in [0.2, 0.25) is 20.4 Å². The minimum atomic E-state index is -0.632. The zero-order valence-corrected chi connectivity index (χ0v) is 69.4. The van der Waals surface area contributed by atoms with Crippen molar-refractivity contribution in [3.05, 3.63) is 210 Å². The summed E-state index contributed by atoms with van der Waals surface area (Å²) in [7, 11) is 0. The number of pyridine rings is 4. The molecule has 8 N–H and O–H groups in total. The number of aliphatic hydroxyl groups is 8. The molecule has 0 unspecified atom stereocenters. The lowest BCUT2D eigenvalue weighted by Crippen LogP contribution is -2.30. The molecule has 644 valence electrons. The number of hydrogen-bond donors (Lipinski definition) is 8. The predicted molar refractivity (Wildman–Crippen MR) is 431 cm³/mol. The van der Waals surface area contributed by atoms with Crippen LogP contribution in [0.1, 0.15) is 44.5 Å². The fraction of sp³-hybridized carbons (Fsp3) is 0.476. The maximum Gasteiger partial charge on any atom is 0.218 e. The van der Waals surface area contributed by atoms with Crippen molar-refractivity contribution in [3.8, 4) is 46.5 Å². The van der Waals surface area contributed by atoms with Crippen LogP contribution in [0.5, 0.6) is 46.5 Å². The molecule has 8 aliphatic heterocycles. The number of rotatable bonds is 16. The third kappa shape index (κ3) is 29.9. The highest BCUT2D eigenvalue weighted by molar-refractivity contribution is 6.31. The minimum Gasteiger partial charge on any atom is -0.485 e. The van der Waals surface area contributed by atoms with Gasteiger partial charge in [0.2, 0.25) is 23.5 Å². The number of nitrogens with zero attached hydrogens (tertiary/aromatic N) is 4. The molecule has 8 aliphatic rings. The molecule has 0 bridgehead atoms. The van der Waals surface area contributed by atoms with Crippen LogP contribution in [-0.2, 0) is 37.9 Å². The Morgan fingerprint density at radius 1 is 0.271 bits per heavy atom. The van der Waals surface area contributed by atoms with Crippen molar-refractivity contribution >= 4 is 46.4 Å². The van der Waals surface area contributed by atoms with Crippen molar-refractivity contribution in [2.45, 2.75) is 153 Å². The molecule has 0 saturated carbocycles. The van der Waals surface area contributed by atoms with Gasteiger partial charge in [0.15, 0.2) is 24.4 Å². The van der Waals surface area contributed by atoms with Gasteiger partial charge in [-0.15, -0.1) is 0 Å². The van der Waals surface area contributed by atoms with Gasteiger partial charge >= 0.3 is 0 Å². The second-order valence-electron chi connectivity index (χ2n) is 28.5. The van der Waals surface area contributed by atoms with E-state index in [1.54, 1.807) is 48.8 Å². The van der Waals surface area contributed by atoms with E-state index in [0.29, 0.717) is 159 Å². The van der Waals surface area contributed by atoms with E-state index in [2.05, 4.69) is 19.9 Å². The van der Waals surface area contributed by atoms with Gasteiger partial charge in [0.1, 0.15) is 118 Å². The molecule has 28 nitrogen and oxygen atoms in total. The Bertz CT molecular complexity index is 3800. The number of aryl methyl sites for hydroxylation is 8. The van der Waals surface area contributed by atoms with E-state index in [4.69, 9.17) is 122 Å². The van der Waals surface area contributed by atoms with Gasteiger partial charge in [-0.2, -0.15) is 0 Å². The highest BCUT2D eigenvalue weighted by Crippen LogP contribution is 2.31. The molecular formula is C84H102Cl4F2N4O24. The SMILES string of the molecule is Cc1ccc(Cl)cc1O[C@@H]1COC[C@H]1O.Cc1ccc(Cl)cc1O[C@H]1COC[C@@H]1O.Cc1ccc(Cl)nc1O[C@@H]1COC[C@H]1O.Cc1ccc(Cl)nc1O[C@H]1COC[C@@H]1O.Cc1ccc(F)cc1O[C@@H]1COC[C@H]1O.Cc1ccc(F)cc1O[C@H]1COC[C@@H]1O.Cc1cccnc1O[C@@H]1COC[C@H]1O.Cc1cccnc1O[C@H]1COC[C@@H]1O. The van der Waals surface area contributed by atoms with Crippen LogP contribution in [-0.4, -0.2) is 264 Å². The molecule has 34 heteroatoms. The van der Waals surface area contributed by atoms with Crippen LogP contribution < -0.4 is 37.9 Å². The Morgan fingerprint density at radius 3 is 0.737 bits per heavy atom. The molecule has 16 rings (SSSR count). The molecule has 12 heterocycles. The molecule has 8 saturated heterocycles. The molecule has 118 heavy (non-hydrogen) atoms. The molecule has 0 radical (unpaired) electrons. The number of hydrogen-bond acceptors (Lipinski definition) is 28. The van der Waals surface area contributed by atoms with Crippen molar-refractivity contribution < 1.29 is 125 Å². The maximum absolute atomic E-state index is 12.9. The first-order chi connectivity index (χ1) is 56.5. The van der Waals surface area contributed by atoms with Gasteiger partial charge in [-0.3, -0.25) is 0 Å². The topological polar surface area (TPSA) is 361 Å². The monoisotopic (exact) mass is 1730 g/mol. The smallest absolute Gasteiger partial charge is 0.218 e. The molecule has 0 spiro atoms. The Morgan fingerprint density at radius 2 is 0.492 bits per heavy atom. The number of benzene rings is 4. The summed E-state index contributed by atoms with van der Waals surface area (Å²) in [6.07, 6.45) is -3.96. The zero-order chi connectivity index (χ0) is 85.0. The number of ether oxygens (including phenoxy) is 16. The van der Waals surface area contributed by atoms with Gasteiger partial charge in [0.25, 0.3) is 0 Å². The van der Waals surface area contributed by atoms with Gasteiger partial charge in [0.05, 0.1) is 106 Å². The Labute approximate surface area is 703 Å². The Kier molecular flexibility index (Phi) is 37.9. The summed E-state index contributed by atoms with van der Waals surface area (Å²) in [6.45, 7) is 20.8. The lowest BCUT2D eigenvalue weighted by Gasteiger charge is -2.17. The summed E-state index contributed by atoms with van der Waals surface area (Å²) in [6, 6.07) is 34.2. The van der Waals surface area contributed by atoms with Crippen LogP contribution >= 0.6 is 46.4 Å². The largest absolute Gasteiger partial charge is 0.485 e. The summed E-state index contributed by atoms with van der Waals surface area (Å²) in [5.74, 6) is 3.70. The second-order valence-corrected chi connectivity index (χ2v) is 30.1. The van der Waals surface area contributed by atoms with Gasteiger partial charge in [0, 0.05) is 56.8 Å². The number of halogens is 6. The quantitative estimate of drug-likeness (QED) is 0.0417. The molecule has 8 aromatic rings. The van der Waals surface area contributed by atoms with Gasteiger partial charge in [-0.05, 0) is 138 Å². The van der Waals surface area contributed by atoms with Crippen molar-refractivity contribution in [1.82, 2.24) is 19.9 Å². The first-order valence-corrected chi connectivity index (χ1v) is 39.6. The molecule has 8 fully saturated rings. The van der Waals surface area contributed by atoms with Gasteiger partial charge in [-0.1, -0.05) is 94.9 Å². The fourth-order valence-electron chi connectivity index (χ4n) is 11.5. The maximum atomic E-state index is 12.9. The lowest BCUT2D eigenvalue weighted by atomic mass is 10.2. The van der Waals surface area contributed by atoms with E-state index in [0.717, 1.165) is 44.5 Å². The molecule has 0 aliphatic carbocycles. The standard InChI is InChI=1S/2C11H13ClO3.2C11H13FO3.2C10H12ClNO3.2C10H13NO3/c4*1-7-2-3-8(12)4-10(7)15-11-6-14-5-9(11)13;2*1-6-2-3-9(11)12-10(6)15-8-5-14-4-7(8)13;2*1-7-3-2-4-11-10(7)14-9-6-13-5-8(9)12/h4*2-4,9,11,13H,5-6H2,1H3;2*2-3,7-8,13H,4-5H2,1H3;2*2-4,8-9,12H,5-6H2,1H3/t4*9-,11-;2*7-,8-;2*8-,9-/m10101010/s1.